The maximum Gasteiger partial charge on any atom is 0.358 e. The number of hydrogen-bond acceptors (Lipinski definition) is 4. The highest BCUT2D eigenvalue weighted by atomic mass is 35.5. The van der Waals surface area contributed by atoms with Crippen LogP contribution >= 0.6 is 11.6 Å². The molecule has 0 amide bonds. The average Bonchev–Trinajstić information content (AvgIpc) is 2.61. The third-order valence-corrected chi connectivity index (χ3v) is 3.96. The molecule has 0 radical (unpaired) electrons. The van der Waals surface area contributed by atoms with Gasteiger partial charge in [-0.15, -0.1) is 4.73 Å². The number of benzene rings is 2. The van der Waals surface area contributed by atoms with Crippen molar-refractivity contribution in [1.29, 1.82) is 0 Å². The first kappa shape index (κ1) is 16.1. The second-order valence-electron chi connectivity index (χ2n) is 5.05. The van der Waals surface area contributed by atoms with Crippen LogP contribution in [0.5, 0.6) is 0 Å². The highest BCUT2D eigenvalue weighted by molar-refractivity contribution is 6.31. The molecule has 6 heteroatoms. The standard InChI is InChI=1S/C18H14ClNO4/c1-23-18(22)16-15(11-6-4-3-5-7-11)14-10-12(19)8-9-13(14)17(21)20(16)24-2/h3-10H,1-2H3. The van der Waals surface area contributed by atoms with E-state index in [0.29, 0.717) is 21.4 Å². The molecule has 1 aromatic heterocycles. The molecule has 0 unspecified atom stereocenters. The predicted octanol–water partition coefficient (Wildman–Crippen LogP) is 3.17. The average molecular weight is 344 g/mol. The second kappa shape index (κ2) is 6.37. The molecule has 5 nitrogen and oxygen atoms in total. The Hall–Kier alpha value is -2.79. The Labute approximate surface area is 143 Å². The Kier molecular flexibility index (Phi) is 4.27. The summed E-state index contributed by atoms with van der Waals surface area (Å²) in [5.74, 6) is -0.672. The minimum absolute atomic E-state index is 0.0194. The van der Waals surface area contributed by atoms with Gasteiger partial charge < -0.3 is 9.57 Å². The molecule has 0 N–H and O–H groups in total. The Balaban J connectivity index is 2.58. The monoisotopic (exact) mass is 343 g/mol. The number of fused-ring (bicyclic) bond motifs is 1. The zero-order chi connectivity index (χ0) is 17.3. The number of rotatable bonds is 3. The number of hydrogen-bond donors (Lipinski definition) is 0. The first-order valence-corrected chi connectivity index (χ1v) is 7.52. The van der Waals surface area contributed by atoms with Crippen molar-refractivity contribution in [1.82, 2.24) is 4.73 Å². The number of pyridine rings is 1. The van der Waals surface area contributed by atoms with E-state index in [4.69, 9.17) is 21.2 Å². The summed E-state index contributed by atoms with van der Waals surface area (Å²) in [6, 6.07) is 14.1. The molecule has 24 heavy (non-hydrogen) atoms. The molecule has 0 bridgehead atoms. The molecule has 0 atom stereocenters. The Bertz CT molecular complexity index is 980. The van der Waals surface area contributed by atoms with Crippen LogP contribution in [0.3, 0.4) is 0 Å². The summed E-state index contributed by atoms with van der Waals surface area (Å²) in [6.07, 6.45) is 0. The largest absolute Gasteiger partial charge is 0.464 e. The summed E-state index contributed by atoms with van der Waals surface area (Å²) in [4.78, 5) is 30.2. The number of methoxy groups -OCH3 is 1. The van der Waals surface area contributed by atoms with Gasteiger partial charge in [0.2, 0.25) is 0 Å². The molecular weight excluding hydrogens is 330 g/mol. The first-order chi connectivity index (χ1) is 11.6. The first-order valence-electron chi connectivity index (χ1n) is 7.15. The fraction of sp³-hybridized carbons (Fsp3) is 0.111. The van der Waals surface area contributed by atoms with Crippen molar-refractivity contribution in [2.45, 2.75) is 0 Å². The molecule has 122 valence electrons. The third kappa shape index (κ3) is 2.53. The van der Waals surface area contributed by atoms with E-state index in [-0.39, 0.29) is 5.69 Å². The van der Waals surface area contributed by atoms with Gasteiger partial charge in [-0.2, -0.15) is 0 Å². The normalized spacial score (nSPS) is 10.6. The molecule has 0 aliphatic carbocycles. The summed E-state index contributed by atoms with van der Waals surface area (Å²) in [6.45, 7) is 0. The molecule has 0 spiro atoms. The van der Waals surface area contributed by atoms with Crippen molar-refractivity contribution >= 4 is 28.3 Å². The van der Waals surface area contributed by atoms with Crippen LogP contribution in [0, 0.1) is 0 Å². The smallest absolute Gasteiger partial charge is 0.358 e. The van der Waals surface area contributed by atoms with E-state index < -0.39 is 11.5 Å². The molecule has 0 saturated heterocycles. The van der Waals surface area contributed by atoms with Gasteiger partial charge in [0.15, 0.2) is 5.69 Å². The van der Waals surface area contributed by atoms with Gasteiger partial charge in [-0.3, -0.25) is 4.79 Å². The van der Waals surface area contributed by atoms with Crippen molar-refractivity contribution in [3.8, 4) is 11.1 Å². The van der Waals surface area contributed by atoms with Gasteiger partial charge in [0, 0.05) is 10.6 Å². The van der Waals surface area contributed by atoms with E-state index in [1.807, 2.05) is 30.3 Å². The summed E-state index contributed by atoms with van der Waals surface area (Å²) >= 11 is 6.11. The van der Waals surface area contributed by atoms with Crippen molar-refractivity contribution in [2.24, 2.45) is 0 Å². The molecular formula is C18H14ClNO4. The second-order valence-corrected chi connectivity index (χ2v) is 5.49. The van der Waals surface area contributed by atoms with E-state index in [0.717, 1.165) is 10.3 Å². The summed E-state index contributed by atoms with van der Waals surface area (Å²) in [5, 5.41) is 1.42. The Morgan fingerprint density at radius 2 is 1.75 bits per heavy atom. The van der Waals surface area contributed by atoms with Gasteiger partial charge in [-0.1, -0.05) is 41.9 Å². The molecule has 3 aromatic rings. The van der Waals surface area contributed by atoms with E-state index in [9.17, 15) is 9.59 Å². The van der Waals surface area contributed by atoms with Crippen molar-refractivity contribution in [3.63, 3.8) is 0 Å². The topological polar surface area (TPSA) is 57.5 Å². The van der Waals surface area contributed by atoms with Gasteiger partial charge in [0.1, 0.15) is 7.11 Å². The van der Waals surface area contributed by atoms with Gasteiger partial charge >= 0.3 is 5.97 Å². The third-order valence-electron chi connectivity index (χ3n) is 3.73. The van der Waals surface area contributed by atoms with E-state index >= 15 is 0 Å². The zero-order valence-corrected chi connectivity index (χ0v) is 13.8. The molecule has 0 aliphatic heterocycles. The van der Waals surface area contributed by atoms with Crippen LogP contribution < -0.4 is 10.4 Å². The van der Waals surface area contributed by atoms with Crippen LogP contribution in [0.2, 0.25) is 5.02 Å². The predicted molar refractivity (Wildman–Crippen MR) is 92.5 cm³/mol. The van der Waals surface area contributed by atoms with Crippen molar-refractivity contribution in [2.75, 3.05) is 14.2 Å². The van der Waals surface area contributed by atoms with Gasteiger partial charge in [-0.25, -0.2) is 4.79 Å². The number of ether oxygens (including phenoxy) is 1. The fourth-order valence-electron chi connectivity index (χ4n) is 2.70. The lowest BCUT2D eigenvalue weighted by Crippen LogP contribution is -2.31. The number of carbonyl (C=O) groups excluding carboxylic acids is 1. The number of aromatic nitrogens is 1. The quantitative estimate of drug-likeness (QED) is 0.685. The minimum Gasteiger partial charge on any atom is -0.464 e. The minimum atomic E-state index is -0.672. The summed E-state index contributed by atoms with van der Waals surface area (Å²) in [7, 11) is 2.58. The number of nitrogens with zero attached hydrogens (tertiary/aromatic N) is 1. The molecule has 3 rings (SSSR count). The Morgan fingerprint density at radius 1 is 1.04 bits per heavy atom. The molecule has 0 fully saturated rings. The fourth-order valence-corrected chi connectivity index (χ4v) is 2.87. The van der Waals surface area contributed by atoms with Crippen LogP contribution in [-0.4, -0.2) is 24.9 Å². The van der Waals surface area contributed by atoms with Gasteiger partial charge in [0.05, 0.1) is 12.5 Å². The van der Waals surface area contributed by atoms with E-state index in [1.54, 1.807) is 18.2 Å². The lowest BCUT2D eigenvalue weighted by molar-refractivity contribution is 0.0538. The van der Waals surface area contributed by atoms with Crippen LogP contribution in [0.25, 0.3) is 21.9 Å². The van der Waals surface area contributed by atoms with E-state index in [1.165, 1.54) is 14.2 Å². The van der Waals surface area contributed by atoms with Crippen LogP contribution in [0.1, 0.15) is 10.5 Å². The molecule has 1 heterocycles. The summed E-state index contributed by atoms with van der Waals surface area (Å²) < 4.78 is 5.81. The van der Waals surface area contributed by atoms with Gasteiger partial charge in [-0.05, 0) is 29.1 Å². The van der Waals surface area contributed by atoms with Crippen molar-refractivity contribution < 1.29 is 14.4 Å². The van der Waals surface area contributed by atoms with Crippen molar-refractivity contribution in [3.05, 3.63) is 69.6 Å². The highest BCUT2D eigenvalue weighted by Crippen LogP contribution is 2.32. The maximum atomic E-state index is 12.7. The Morgan fingerprint density at radius 3 is 2.38 bits per heavy atom. The van der Waals surface area contributed by atoms with E-state index in [2.05, 4.69) is 0 Å². The van der Waals surface area contributed by atoms with Crippen LogP contribution in [0.15, 0.2) is 53.3 Å². The molecule has 0 aliphatic rings. The highest BCUT2D eigenvalue weighted by Gasteiger charge is 2.24. The lowest BCUT2D eigenvalue weighted by atomic mass is 9.97. The zero-order valence-electron chi connectivity index (χ0n) is 13.1. The lowest BCUT2D eigenvalue weighted by Gasteiger charge is -2.17. The van der Waals surface area contributed by atoms with Crippen LogP contribution in [-0.2, 0) is 4.74 Å². The molecule has 0 saturated carbocycles. The SMILES string of the molecule is COC(=O)c1c(-c2ccccc2)c2cc(Cl)ccc2c(=O)n1OC. The maximum absolute atomic E-state index is 12.7. The van der Waals surface area contributed by atoms with Crippen LogP contribution in [0.4, 0.5) is 0 Å². The molecule has 2 aromatic carbocycles. The number of carbonyl (C=O) groups is 1. The number of esters is 1. The summed E-state index contributed by atoms with van der Waals surface area (Å²) in [5.41, 5.74) is 0.840. The number of halogens is 1. The van der Waals surface area contributed by atoms with Gasteiger partial charge in [0.25, 0.3) is 5.56 Å².